The first kappa shape index (κ1) is 15.0. The Morgan fingerprint density at radius 1 is 1.42 bits per heavy atom. The van der Waals surface area contributed by atoms with Gasteiger partial charge in [-0.1, -0.05) is 12.2 Å². The predicted octanol–water partition coefficient (Wildman–Crippen LogP) is 2.40. The monoisotopic (exact) mass is 290 g/mol. The van der Waals surface area contributed by atoms with Crippen molar-refractivity contribution in [3.8, 4) is 0 Å². The predicted molar refractivity (Wildman–Crippen MR) is 65.2 cm³/mol. The fourth-order valence-corrected chi connectivity index (χ4v) is 1.39. The third-order valence-electron chi connectivity index (χ3n) is 2.10. The normalized spacial score (nSPS) is 10.7. The second-order valence-electron chi connectivity index (χ2n) is 3.38. The lowest BCUT2D eigenvalue weighted by Crippen LogP contribution is -2.25. The minimum absolute atomic E-state index is 0.0509. The summed E-state index contributed by atoms with van der Waals surface area (Å²) in [7, 11) is 0. The van der Waals surface area contributed by atoms with Crippen LogP contribution in [0.3, 0.4) is 0 Å². The van der Waals surface area contributed by atoms with Gasteiger partial charge in [-0.3, -0.25) is 14.9 Å². The van der Waals surface area contributed by atoms with Crippen LogP contribution in [-0.2, 0) is 0 Å². The summed E-state index contributed by atoms with van der Waals surface area (Å²) in [6, 6.07) is 1.02. The number of alkyl halides is 1. The Balaban J connectivity index is 2.97. The highest BCUT2D eigenvalue weighted by molar-refractivity contribution is 6.18. The molecule has 5 nitrogen and oxygen atoms in total. The lowest BCUT2D eigenvalue weighted by molar-refractivity contribution is -0.387. The Labute approximate surface area is 112 Å². The van der Waals surface area contributed by atoms with E-state index in [1.807, 2.05) is 0 Å². The highest BCUT2D eigenvalue weighted by Crippen LogP contribution is 2.22. The van der Waals surface area contributed by atoms with Gasteiger partial charge in [0.05, 0.1) is 16.6 Å². The zero-order valence-electron chi connectivity index (χ0n) is 9.53. The smallest absolute Gasteiger partial charge is 0.308 e. The number of hydrogen-bond acceptors (Lipinski definition) is 3. The molecule has 0 saturated heterocycles. The molecule has 0 aliphatic rings. The average Bonchev–Trinajstić information content (AvgIpc) is 2.36. The molecular weight excluding hydrogens is 282 g/mol. The number of carbonyl (C=O) groups excluding carboxylic acids is 1. The topological polar surface area (TPSA) is 72.2 Å². The van der Waals surface area contributed by atoms with E-state index in [1.165, 1.54) is 6.08 Å². The van der Waals surface area contributed by atoms with E-state index in [0.717, 1.165) is 0 Å². The van der Waals surface area contributed by atoms with Gasteiger partial charge in [-0.2, -0.15) is 4.39 Å². The van der Waals surface area contributed by atoms with Crippen molar-refractivity contribution >= 4 is 23.2 Å². The van der Waals surface area contributed by atoms with Gasteiger partial charge in [-0.15, -0.1) is 11.6 Å². The number of rotatable bonds is 5. The van der Waals surface area contributed by atoms with Gasteiger partial charge in [0.15, 0.2) is 0 Å². The van der Waals surface area contributed by atoms with Crippen LogP contribution in [0.5, 0.6) is 0 Å². The molecule has 0 unspecified atom stereocenters. The largest absolute Gasteiger partial charge is 0.348 e. The van der Waals surface area contributed by atoms with E-state index in [2.05, 4.69) is 5.32 Å². The van der Waals surface area contributed by atoms with Crippen molar-refractivity contribution < 1.29 is 18.5 Å². The summed E-state index contributed by atoms with van der Waals surface area (Å²) in [5.74, 6) is -3.13. The molecule has 0 aliphatic heterocycles. The molecule has 1 rings (SSSR count). The Hall–Kier alpha value is -2.02. The molecule has 0 radical (unpaired) electrons. The molecule has 1 N–H and O–H groups in total. The Bertz CT molecular complexity index is 535. The minimum Gasteiger partial charge on any atom is -0.348 e. The number of nitrogens with one attached hydrogen (secondary N) is 1. The van der Waals surface area contributed by atoms with Crippen LogP contribution in [0.1, 0.15) is 10.4 Å². The molecule has 102 valence electrons. The molecule has 19 heavy (non-hydrogen) atoms. The summed E-state index contributed by atoms with van der Waals surface area (Å²) in [4.78, 5) is 20.9. The van der Waals surface area contributed by atoms with Crippen LogP contribution in [0.4, 0.5) is 14.5 Å². The van der Waals surface area contributed by atoms with E-state index in [4.69, 9.17) is 11.6 Å². The van der Waals surface area contributed by atoms with Gasteiger partial charge in [0.25, 0.3) is 5.91 Å². The van der Waals surface area contributed by atoms with Crippen LogP contribution in [0.25, 0.3) is 0 Å². The summed E-state index contributed by atoms with van der Waals surface area (Å²) < 4.78 is 26.7. The Morgan fingerprint density at radius 3 is 2.68 bits per heavy atom. The molecule has 0 atom stereocenters. The van der Waals surface area contributed by atoms with Crippen molar-refractivity contribution in [1.82, 2.24) is 5.32 Å². The first-order chi connectivity index (χ1) is 8.97. The Kier molecular flexibility index (Phi) is 5.37. The molecule has 1 aromatic carbocycles. The lowest BCUT2D eigenvalue weighted by atomic mass is 10.1. The van der Waals surface area contributed by atoms with E-state index in [9.17, 15) is 23.7 Å². The highest BCUT2D eigenvalue weighted by atomic mass is 35.5. The maximum absolute atomic E-state index is 13.6. The fourth-order valence-electron chi connectivity index (χ4n) is 1.27. The van der Waals surface area contributed by atoms with E-state index >= 15 is 0 Å². The van der Waals surface area contributed by atoms with Gasteiger partial charge < -0.3 is 5.32 Å². The maximum atomic E-state index is 13.6. The zero-order valence-corrected chi connectivity index (χ0v) is 10.3. The summed E-state index contributed by atoms with van der Waals surface area (Å²) >= 11 is 5.35. The molecule has 1 amide bonds. The van der Waals surface area contributed by atoms with Gasteiger partial charge in [0, 0.05) is 12.4 Å². The van der Waals surface area contributed by atoms with Crippen LogP contribution in [-0.4, -0.2) is 23.3 Å². The number of nitro benzene ring substituents is 1. The molecule has 8 heteroatoms. The van der Waals surface area contributed by atoms with E-state index in [0.29, 0.717) is 12.1 Å². The van der Waals surface area contributed by atoms with Crippen molar-refractivity contribution in [3.05, 3.63) is 51.6 Å². The van der Waals surface area contributed by atoms with Crippen LogP contribution >= 0.6 is 11.6 Å². The minimum atomic E-state index is -1.37. The third kappa shape index (κ3) is 3.99. The summed E-state index contributed by atoms with van der Waals surface area (Å²) in [6.45, 7) is 0.0509. The summed E-state index contributed by atoms with van der Waals surface area (Å²) in [6.07, 6.45) is 3.06. The van der Waals surface area contributed by atoms with E-state index in [-0.39, 0.29) is 12.4 Å². The number of amides is 1. The molecule has 0 bridgehead atoms. The second-order valence-corrected chi connectivity index (χ2v) is 3.69. The zero-order chi connectivity index (χ0) is 14.4. The van der Waals surface area contributed by atoms with Crippen LogP contribution < -0.4 is 5.32 Å². The highest BCUT2D eigenvalue weighted by Gasteiger charge is 2.23. The number of halogens is 3. The molecule has 0 heterocycles. The van der Waals surface area contributed by atoms with Crippen molar-refractivity contribution in [2.45, 2.75) is 0 Å². The molecule has 0 saturated carbocycles. The number of hydrogen-bond donors (Lipinski definition) is 1. The van der Waals surface area contributed by atoms with Gasteiger partial charge in [0.2, 0.25) is 5.82 Å². The SMILES string of the molecule is O=C(NC/C=C/CCl)c1cc(F)cc([N+](=O)[O-])c1F. The van der Waals surface area contributed by atoms with Crippen molar-refractivity contribution in [2.24, 2.45) is 0 Å². The van der Waals surface area contributed by atoms with Crippen molar-refractivity contribution in [1.29, 1.82) is 0 Å². The number of carbonyl (C=O) groups is 1. The molecule has 0 aromatic heterocycles. The quantitative estimate of drug-likeness (QED) is 0.392. The molecule has 0 aliphatic carbocycles. The van der Waals surface area contributed by atoms with Crippen LogP contribution in [0.15, 0.2) is 24.3 Å². The fraction of sp³-hybridized carbons (Fsp3) is 0.182. The van der Waals surface area contributed by atoms with E-state index in [1.54, 1.807) is 6.08 Å². The Morgan fingerprint density at radius 2 is 2.11 bits per heavy atom. The van der Waals surface area contributed by atoms with Crippen LogP contribution in [0.2, 0.25) is 0 Å². The lowest BCUT2D eigenvalue weighted by Gasteiger charge is -2.04. The summed E-state index contributed by atoms with van der Waals surface area (Å²) in [5, 5.41) is 12.7. The van der Waals surface area contributed by atoms with E-state index < -0.39 is 33.7 Å². The third-order valence-corrected chi connectivity index (χ3v) is 2.27. The number of nitro groups is 1. The van der Waals surface area contributed by atoms with Gasteiger partial charge in [0.1, 0.15) is 5.82 Å². The van der Waals surface area contributed by atoms with Crippen molar-refractivity contribution in [2.75, 3.05) is 12.4 Å². The number of benzene rings is 1. The number of nitrogens with zero attached hydrogens (tertiary/aromatic N) is 1. The van der Waals surface area contributed by atoms with Crippen LogP contribution in [0, 0.1) is 21.7 Å². The maximum Gasteiger partial charge on any atom is 0.308 e. The van der Waals surface area contributed by atoms with Gasteiger partial charge in [-0.05, 0) is 6.07 Å². The first-order valence-corrected chi connectivity index (χ1v) is 5.63. The second kappa shape index (κ2) is 6.79. The first-order valence-electron chi connectivity index (χ1n) is 5.10. The average molecular weight is 291 g/mol. The molecule has 1 aromatic rings. The molecular formula is C11H9ClF2N2O3. The van der Waals surface area contributed by atoms with Gasteiger partial charge >= 0.3 is 5.69 Å². The molecule has 0 fully saturated rings. The van der Waals surface area contributed by atoms with Crippen molar-refractivity contribution in [3.63, 3.8) is 0 Å². The van der Waals surface area contributed by atoms with Gasteiger partial charge in [-0.25, -0.2) is 4.39 Å². The summed E-state index contributed by atoms with van der Waals surface area (Å²) in [5.41, 5.74) is -1.80. The standard InChI is InChI=1S/C11H9ClF2N2O3/c12-3-1-2-4-15-11(17)8-5-7(13)6-9(10(8)14)16(18)19/h1-2,5-6H,3-4H2,(H,15,17)/b2-1+. The molecule has 0 spiro atoms. The number of allylic oxidation sites excluding steroid dienone is 1.